The Morgan fingerprint density at radius 2 is 1.31 bits per heavy atom. The minimum atomic E-state index is -1.22. The fraction of sp³-hybridized carbons (Fsp3) is 0.297. The van der Waals surface area contributed by atoms with Crippen LogP contribution in [0.5, 0.6) is 0 Å². The molecule has 2 aliphatic heterocycles. The van der Waals surface area contributed by atoms with Gasteiger partial charge in [-0.25, -0.2) is 4.90 Å². The third kappa shape index (κ3) is 2.82. The van der Waals surface area contributed by atoms with Crippen LogP contribution in [-0.4, -0.2) is 34.9 Å². The third-order valence-corrected chi connectivity index (χ3v) is 12.0. The van der Waals surface area contributed by atoms with Crippen LogP contribution in [-0.2, 0) is 24.6 Å². The third-order valence-electron chi connectivity index (χ3n) is 12.0. The molecule has 7 aliphatic carbocycles. The number of nitrogens with zero attached hydrogens (tertiary/aromatic N) is 4. The number of anilines is 1. The van der Waals surface area contributed by atoms with Gasteiger partial charge in [0.1, 0.15) is 6.07 Å². The van der Waals surface area contributed by atoms with Crippen molar-refractivity contribution in [1.82, 2.24) is 5.01 Å². The molecule has 3 aromatic rings. The highest BCUT2D eigenvalue weighted by Crippen LogP contribution is 2.66. The van der Waals surface area contributed by atoms with Gasteiger partial charge < -0.3 is 0 Å². The van der Waals surface area contributed by atoms with Gasteiger partial charge in [-0.2, -0.15) is 15.4 Å². The topological polar surface area (TPSA) is 111 Å². The Kier molecular flexibility index (Phi) is 4.65. The van der Waals surface area contributed by atoms with E-state index < -0.39 is 35.0 Å². The number of benzene rings is 3. The van der Waals surface area contributed by atoms with E-state index in [1.165, 1.54) is 4.90 Å². The van der Waals surface area contributed by atoms with E-state index in [1.54, 1.807) is 30.5 Å². The first kappa shape index (κ1) is 25.2. The number of allylic oxidation sites excluding steroid dienone is 2. The molecule has 2 saturated carbocycles. The highest BCUT2D eigenvalue weighted by molar-refractivity contribution is 6.25. The van der Waals surface area contributed by atoms with Gasteiger partial charge in [-0.1, -0.05) is 72.8 Å². The van der Waals surface area contributed by atoms with Crippen molar-refractivity contribution in [3.8, 4) is 6.07 Å². The number of hydrogen-bond acceptors (Lipinski definition) is 6. The van der Waals surface area contributed by atoms with Crippen LogP contribution in [0.1, 0.15) is 40.2 Å². The summed E-state index contributed by atoms with van der Waals surface area (Å²) in [5.74, 6) is -3.04. The molecule has 8 heteroatoms. The molecule has 0 N–H and O–H groups in total. The Labute approximate surface area is 258 Å². The quantitative estimate of drug-likeness (QED) is 0.259. The molecule has 3 aromatic carbocycles. The van der Waals surface area contributed by atoms with Crippen molar-refractivity contribution in [2.24, 2.45) is 52.4 Å². The summed E-state index contributed by atoms with van der Waals surface area (Å²) in [7, 11) is 0. The lowest BCUT2D eigenvalue weighted by Gasteiger charge is -2.52. The Balaban J connectivity index is 1.16. The first-order valence-electron chi connectivity index (χ1n) is 15.6. The van der Waals surface area contributed by atoms with E-state index in [-0.39, 0.29) is 46.7 Å². The molecule has 0 unspecified atom stereocenters. The molecule has 4 bridgehead atoms. The van der Waals surface area contributed by atoms with Crippen molar-refractivity contribution in [3.63, 3.8) is 0 Å². The van der Waals surface area contributed by atoms with Gasteiger partial charge in [0.15, 0.2) is 0 Å². The maximum Gasteiger partial charge on any atom is 0.254 e. The monoisotopic (exact) mass is 590 g/mol. The molecule has 4 fully saturated rings. The summed E-state index contributed by atoms with van der Waals surface area (Å²) in [6.45, 7) is 0. The maximum atomic E-state index is 14.7. The van der Waals surface area contributed by atoms with Crippen LogP contribution >= 0.6 is 0 Å². The molecule has 0 spiro atoms. The second kappa shape index (κ2) is 8.30. The molecule has 0 radical (unpaired) electrons. The molecule has 218 valence electrons. The standard InChI is InChI=1S/C37H26N4O4/c38-16-18-7-1-6-12-27(18)40-33(42)31-28-21-8-2-4-10-25(21)37(32(31)36(40)45,26-11-5-3-9-22(26)28)17-39-41-34(43)29-19-13-14-20(24-15-23(19)24)30(29)35(41)44/h1-14,17,19-20,23-24,28-32H,15H2/b39-17-/t19-,20-,23-,24+,28?,29+,30+,31+,32-,37?/m0/s1. The van der Waals surface area contributed by atoms with Gasteiger partial charge >= 0.3 is 0 Å². The number of rotatable bonds is 3. The van der Waals surface area contributed by atoms with Crippen LogP contribution < -0.4 is 4.90 Å². The smallest absolute Gasteiger partial charge is 0.254 e. The van der Waals surface area contributed by atoms with Gasteiger partial charge in [-0.15, -0.1) is 0 Å². The molecule has 2 heterocycles. The first-order valence-corrected chi connectivity index (χ1v) is 15.6. The minimum absolute atomic E-state index is 0.0681. The van der Waals surface area contributed by atoms with Gasteiger partial charge in [-0.3, -0.25) is 19.2 Å². The van der Waals surface area contributed by atoms with Crippen molar-refractivity contribution >= 4 is 35.5 Å². The summed E-state index contributed by atoms with van der Waals surface area (Å²) in [5.41, 5.74) is 2.82. The molecule has 8 nitrogen and oxygen atoms in total. The van der Waals surface area contributed by atoms with E-state index in [9.17, 15) is 24.4 Å². The van der Waals surface area contributed by atoms with Crippen LogP contribution in [0.4, 0.5) is 5.69 Å². The fourth-order valence-electron chi connectivity index (χ4n) is 10.3. The Bertz CT molecular complexity index is 1960. The van der Waals surface area contributed by atoms with Gasteiger partial charge in [-0.05, 0) is 64.5 Å². The zero-order valence-corrected chi connectivity index (χ0v) is 24.0. The number of carbonyl (C=O) groups is 4. The average Bonchev–Trinajstić information content (AvgIpc) is 3.81. The largest absolute Gasteiger partial charge is 0.274 e. The van der Waals surface area contributed by atoms with Gasteiger partial charge in [0.25, 0.3) is 11.8 Å². The maximum absolute atomic E-state index is 14.7. The molecule has 2 saturated heterocycles. The van der Waals surface area contributed by atoms with E-state index in [0.717, 1.165) is 33.7 Å². The Morgan fingerprint density at radius 3 is 1.93 bits per heavy atom. The van der Waals surface area contributed by atoms with E-state index >= 15 is 0 Å². The van der Waals surface area contributed by atoms with E-state index in [4.69, 9.17) is 5.10 Å². The number of imide groups is 2. The van der Waals surface area contributed by atoms with Crippen LogP contribution in [0.2, 0.25) is 0 Å². The number of hydrogen-bond donors (Lipinski definition) is 0. The number of amides is 4. The molecular weight excluding hydrogens is 564 g/mol. The first-order chi connectivity index (χ1) is 22.0. The van der Waals surface area contributed by atoms with E-state index in [0.29, 0.717) is 11.8 Å². The number of hydrazone groups is 1. The molecular formula is C37H26N4O4. The lowest BCUT2D eigenvalue weighted by atomic mass is 9.47. The predicted molar refractivity (Wildman–Crippen MR) is 161 cm³/mol. The molecule has 8 atom stereocenters. The Morgan fingerprint density at radius 1 is 0.733 bits per heavy atom. The zero-order chi connectivity index (χ0) is 30.4. The van der Waals surface area contributed by atoms with Crippen LogP contribution in [0.25, 0.3) is 0 Å². The predicted octanol–water partition coefficient (Wildman–Crippen LogP) is 4.15. The van der Waals surface area contributed by atoms with Crippen molar-refractivity contribution in [2.45, 2.75) is 17.8 Å². The average molecular weight is 591 g/mol. The van der Waals surface area contributed by atoms with E-state index in [2.05, 4.69) is 18.2 Å². The summed E-state index contributed by atoms with van der Waals surface area (Å²) in [6, 6.07) is 24.4. The summed E-state index contributed by atoms with van der Waals surface area (Å²) in [4.78, 5) is 58.1. The normalized spacial score (nSPS) is 37.4. The van der Waals surface area contributed by atoms with Crippen molar-refractivity contribution in [2.75, 3.05) is 4.90 Å². The fourth-order valence-corrected chi connectivity index (χ4v) is 10.3. The second-order valence-electron chi connectivity index (χ2n) is 13.6. The summed E-state index contributed by atoms with van der Waals surface area (Å²) >= 11 is 0. The molecule has 4 amide bonds. The van der Waals surface area contributed by atoms with E-state index in [1.807, 2.05) is 48.5 Å². The molecule has 45 heavy (non-hydrogen) atoms. The SMILES string of the molecule is N#Cc1ccccc1N1C(=O)[C@@H]2C3c4ccccc4C(/C=N\N4C(=O)[C@@H]5[C@H]6C=C[C@@H]([C@@H]7C[C@H]67)[C@H]5C4=O)(c4ccccc43)[C@@H]2C1=O. The Hall–Kier alpha value is -5.16. The second-order valence-corrected chi connectivity index (χ2v) is 13.6. The number of nitriles is 1. The van der Waals surface area contributed by atoms with Gasteiger partial charge in [0, 0.05) is 12.1 Å². The van der Waals surface area contributed by atoms with Crippen LogP contribution in [0.15, 0.2) is 90.0 Å². The molecule has 12 rings (SSSR count). The zero-order valence-electron chi connectivity index (χ0n) is 24.0. The molecule has 0 aromatic heterocycles. The highest BCUT2D eigenvalue weighted by atomic mass is 16.2. The summed E-state index contributed by atoms with van der Waals surface area (Å²) in [6.07, 6.45) is 6.95. The van der Waals surface area contributed by atoms with Crippen molar-refractivity contribution in [1.29, 1.82) is 5.26 Å². The summed E-state index contributed by atoms with van der Waals surface area (Å²) < 4.78 is 0. The van der Waals surface area contributed by atoms with Crippen LogP contribution in [0.3, 0.4) is 0 Å². The lowest BCUT2D eigenvalue weighted by Crippen LogP contribution is -2.55. The lowest BCUT2D eigenvalue weighted by molar-refractivity contribution is -0.140. The van der Waals surface area contributed by atoms with Gasteiger partial charge in [0.05, 0.1) is 40.3 Å². The highest BCUT2D eigenvalue weighted by Gasteiger charge is 2.70. The van der Waals surface area contributed by atoms with Crippen LogP contribution in [0, 0.1) is 58.7 Å². The number of carbonyl (C=O) groups excluding carboxylic acids is 4. The summed E-state index contributed by atoms with van der Waals surface area (Å²) in [5, 5.41) is 15.7. The molecule has 9 aliphatic rings. The number of para-hydroxylation sites is 1. The van der Waals surface area contributed by atoms with Crippen molar-refractivity contribution < 1.29 is 19.2 Å². The van der Waals surface area contributed by atoms with Crippen molar-refractivity contribution in [3.05, 3.63) is 113 Å². The van der Waals surface area contributed by atoms with Gasteiger partial charge in [0.2, 0.25) is 11.8 Å². The minimum Gasteiger partial charge on any atom is -0.274 e.